The molecular weight excluding hydrogens is 412 g/mol. The number of hydrogen-bond donors (Lipinski definition) is 1. The van der Waals surface area contributed by atoms with E-state index in [9.17, 15) is 18.0 Å². The fraction of sp³-hybridized carbons (Fsp3) is 0.125. The summed E-state index contributed by atoms with van der Waals surface area (Å²) < 4.78 is 33.0. The largest absolute Gasteiger partial charge is 0.416 e. The molecule has 0 aliphatic carbocycles. The third-order valence-corrected chi connectivity index (χ3v) is 6.58. The lowest BCUT2D eigenvalue weighted by Gasteiger charge is -2.29. The van der Waals surface area contributed by atoms with Crippen molar-refractivity contribution < 1.29 is 22.7 Å². The van der Waals surface area contributed by atoms with Crippen molar-refractivity contribution in [1.82, 2.24) is 9.62 Å². The molecule has 128 valence electrons. The van der Waals surface area contributed by atoms with Gasteiger partial charge in [0, 0.05) is 16.6 Å². The molecule has 2 heterocycles. The van der Waals surface area contributed by atoms with Crippen molar-refractivity contribution in [2.75, 3.05) is 0 Å². The molecular formula is C16H11BrN2O5S. The minimum Gasteiger partial charge on any atom is -0.412 e. The summed E-state index contributed by atoms with van der Waals surface area (Å²) in [7, 11) is -4.02. The summed E-state index contributed by atoms with van der Waals surface area (Å²) in [6.45, 7) is -0.120. The number of ether oxygens (including phenoxy) is 1. The molecule has 0 aromatic heterocycles. The Kier molecular flexibility index (Phi) is 3.50. The molecule has 2 amide bonds. The molecule has 0 bridgehead atoms. The second kappa shape index (κ2) is 5.38. The van der Waals surface area contributed by atoms with E-state index < -0.39 is 27.7 Å². The normalized spacial score (nSPS) is 24.2. The molecule has 1 N–H and O–H groups in total. The number of hydrogen-bond acceptors (Lipinski definition) is 5. The molecule has 2 aromatic rings. The van der Waals surface area contributed by atoms with E-state index in [4.69, 9.17) is 4.74 Å². The first kappa shape index (κ1) is 16.2. The highest BCUT2D eigenvalue weighted by Crippen LogP contribution is 2.47. The average Bonchev–Trinajstić information content (AvgIpc) is 2.97. The number of imide groups is 1. The highest BCUT2D eigenvalue weighted by atomic mass is 79.9. The number of amides is 2. The van der Waals surface area contributed by atoms with Gasteiger partial charge in [-0.2, -0.15) is 0 Å². The smallest absolute Gasteiger partial charge is 0.412 e. The van der Waals surface area contributed by atoms with Crippen molar-refractivity contribution in [3.8, 4) is 0 Å². The Morgan fingerprint density at radius 2 is 1.76 bits per heavy atom. The van der Waals surface area contributed by atoms with Crippen LogP contribution in [0.5, 0.6) is 0 Å². The lowest BCUT2D eigenvalue weighted by molar-refractivity contribution is -0.143. The maximum atomic E-state index is 13.0. The van der Waals surface area contributed by atoms with E-state index in [0.717, 1.165) is 8.78 Å². The number of nitrogens with zero attached hydrogens (tertiary/aromatic N) is 1. The van der Waals surface area contributed by atoms with Gasteiger partial charge in [-0.25, -0.2) is 13.2 Å². The molecule has 0 radical (unpaired) electrons. The lowest BCUT2D eigenvalue weighted by Crippen LogP contribution is -2.49. The minimum absolute atomic E-state index is 0.0445. The van der Waals surface area contributed by atoms with Gasteiger partial charge >= 0.3 is 6.09 Å². The van der Waals surface area contributed by atoms with E-state index in [1.54, 1.807) is 36.4 Å². The molecule has 1 spiro atoms. The van der Waals surface area contributed by atoms with Crippen LogP contribution in [0.4, 0.5) is 4.79 Å². The van der Waals surface area contributed by atoms with Gasteiger partial charge in [0.2, 0.25) is 10.0 Å². The number of rotatable bonds is 2. The van der Waals surface area contributed by atoms with Gasteiger partial charge in [0.1, 0.15) is 0 Å². The molecule has 9 heteroatoms. The van der Waals surface area contributed by atoms with Crippen LogP contribution in [0.2, 0.25) is 0 Å². The molecule has 2 aromatic carbocycles. The number of benzene rings is 2. The number of sulfonamides is 1. The lowest BCUT2D eigenvalue weighted by atomic mass is 10.0. The second-order valence-corrected chi connectivity index (χ2v) is 8.37. The van der Waals surface area contributed by atoms with E-state index >= 15 is 0 Å². The molecule has 1 fully saturated rings. The Bertz CT molecular complexity index is 1010. The fourth-order valence-electron chi connectivity index (χ4n) is 3.07. The van der Waals surface area contributed by atoms with Gasteiger partial charge in [-0.15, -0.1) is 4.31 Å². The Hall–Kier alpha value is -2.23. The van der Waals surface area contributed by atoms with Crippen molar-refractivity contribution in [1.29, 1.82) is 0 Å². The first-order chi connectivity index (χ1) is 11.9. The number of fused-ring (bicyclic) bond motifs is 2. The van der Waals surface area contributed by atoms with E-state index in [0.29, 0.717) is 5.56 Å². The zero-order valence-corrected chi connectivity index (χ0v) is 15.0. The van der Waals surface area contributed by atoms with Crippen molar-refractivity contribution in [3.63, 3.8) is 0 Å². The minimum atomic E-state index is -4.02. The van der Waals surface area contributed by atoms with Crippen molar-refractivity contribution in [3.05, 3.63) is 64.1 Å². The van der Waals surface area contributed by atoms with Crippen LogP contribution >= 0.6 is 15.9 Å². The summed E-state index contributed by atoms with van der Waals surface area (Å²) in [6.07, 6.45) is -0.974. The zero-order chi connectivity index (χ0) is 17.8. The molecule has 2 aliphatic rings. The summed E-state index contributed by atoms with van der Waals surface area (Å²) in [5.41, 5.74) is -1.23. The third-order valence-electron chi connectivity index (χ3n) is 4.17. The second-order valence-electron chi connectivity index (χ2n) is 5.62. The molecule has 0 saturated carbocycles. The molecule has 1 atom stereocenters. The van der Waals surface area contributed by atoms with Gasteiger partial charge in [0.05, 0.1) is 4.90 Å². The molecule has 25 heavy (non-hydrogen) atoms. The van der Waals surface area contributed by atoms with Gasteiger partial charge < -0.3 is 4.74 Å². The molecule has 7 nitrogen and oxygen atoms in total. The maximum Gasteiger partial charge on any atom is 0.416 e. The molecule has 2 aliphatic heterocycles. The zero-order valence-electron chi connectivity index (χ0n) is 12.6. The number of carbonyl (C=O) groups excluding carboxylic acids is 2. The Balaban J connectivity index is 1.90. The number of nitrogens with one attached hydrogen (secondary N) is 1. The number of carbonyl (C=O) groups is 2. The van der Waals surface area contributed by atoms with Crippen molar-refractivity contribution >= 4 is 38.0 Å². The van der Waals surface area contributed by atoms with Crippen LogP contribution in [0.25, 0.3) is 0 Å². The van der Waals surface area contributed by atoms with Crippen LogP contribution in [-0.4, -0.2) is 24.7 Å². The fourth-order valence-corrected chi connectivity index (χ4v) is 5.18. The first-order valence-electron chi connectivity index (χ1n) is 7.27. The Labute approximate surface area is 151 Å². The summed E-state index contributed by atoms with van der Waals surface area (Å²) in [5, 5.41) is 2.04. The Morgan fingerprint density at radius 3 is 2.40 bits per heavy atom. The van der Waals surface area contributed by atoms with Gasteiger partial charge in [-0.05, 0) is 23.8 Å². The maximum absolute atomic E-state index is 13.0. The van der Waals surface area contributed by atoms with Crippen LogP contribution in [0.1, 0.15) is 11.1 Å². The van der Waals surface area contributed by atoms with Gasteiger partial charge in [0.15, 0.2) is 0 Å². The van der Waals surface area contributed by atoms with Crippen LogP contribution in [-0.2, 0) is 31.8 Å². The SMILES string of the molecule is O=C1NC(=O)C2(O1)c1ccccc1S(=O)(=O)N2Cc1ccc(Br)cc1. The Morgan fingerprint density at radius 1 is 1.08 bits per heavy atom. The molecule has 1 saturated heterocycles. The van der Waals surface area contributed by atoms with Crippen LogP contribution in [0, 0.1) is 0 Å². The van der Waals surface area contributed by atoms with E-state index in [1.165, 1.54) is 12.1 Å². The van der Waals surface area contributed by atoms with Crippen molar-refractivity contribution in [2.45, 2.75) is 17.2 Å². The highest BCUT2D eigenvalue weighted by Gasteiger charge is 2.65. The van der Waals surface area contributed by atoms with Crippen molar-refractivity contribution in [2.24, 2.45) is 0 Å². The standard InChI is InChI=1S/C16H11BrN2O5S/c17-11-7-5-10(6-8-11)9-19-16(14(20)18-15(21)24-16)12-3-1-2-4-13(12)25(19,22)23/h1-8H,9H2,(H,18,20,21). The predicted molar refractivity (Wildman–Crippen MR) is 89.6 cm³/mol. The topological polar surface area (TPSA) is 92.8 Å². The molecule has 1 unspecified atom stereocenters. The van der Waals surface area contributed by atoms with Gasteiger partial charge in [-0.3, -0.25) is 10.1 Å². The average molecular weight is 423 g/mol. The number of halogens is 1. The predicted octanol–water partition coefficient (Wildman–Crippen LogP) is 2.07. The van der Waals surface area contributed by atoms with E-state index in [1.807, 2.05) is 5.32 Å². The van der Waals surface area contributed by atoms with Crippen LogP contribution in [0.3, 0.4) is 0 Å². The van der Waals surface area contributed by atoms with Crippen LogP contribution < -0.4 is 5.32 Å². The van der Waals surface area contributed by atoms with Crippen LogP contribution in [0.15, 0.2) is 57.9 Å². The molecule has 4 rings (SSSR count). The first-order valence-corrected chi connectivity index (χ1v) is 9.50. The third kappa shape index (κ3) is 2.23. The highest BCUT2D eigenvalue weighted by molar-refractivity contribution is 9.10. The van der Waals surface area contributed by atoms with Gasteiger partial charge in [0.25, 0.3) is 11.6 Å². The van der Waals surface area contributed by atoms with Gasteiger partial charge in [-0.1, -0.05) is 46.3 Å². The summed E-state index contributed by atoms with van der Waals surface area (Å²) >= 11 is 3.32. The summed E-state index contributed by atoms with van der Waals surface area (Å²) in [6, 6.07) is 13.0. The monoisotopic (exact) mass is 422 g/mol. The quantitative estimate of drug-likeness (QED) is 0.799. The van der Waals surface area contributed by atoms with E-state index in [2.05, 4.69) is 15.9 Å². The summed E-state index contributed by atoms with van der Waals surface area (Å²) in [4.78, 5) is 24.2. The number of alkyl carbamates (subject to hydrolysis) is 1. The van der Waals surface area contributed by atoms with E-state index in [-0.39, 0.29) is 17.0 Å². The summed E-state index contributed by atoms with van der Waals surface area (Å²) in [5.74, 6) is -0.817.